The minimum absolute atomic E-state index is 0.310. The van der Waals surface area contributed by atoms with E-state index in [2.05, 4.69) is 10.3 Å². The lowest BCUT2D eigenvalue weighted by Gasteiger charge is -2.09. The van der Waals surface area contributed by atoms with Gasteiger partial charge in [0.1, 0.15) is 0 Å². The number of aliphatic hydroxyl groups excluding tert-OH is 1. The first kappa shape index (κ1) is 29.0. The van der Waals surface area contributed by atoms with Crippen LogP contribution in [0, 0.1) is 0 Å². The first-order valence-corrected chi connectivity index (χ1v) is 12.4. The van der Waals surface area contributed by atoms with Gasteiger partial charge in [-0.3, -0.25) is 13.9 Å². The molecule has 0 amide bonds. The number of anilines is 1. The zero-order valence-corrected chi connectivity index (χ0v) is 21.3. The highest BCUT2D eigenvalue weighted by atomic mass is 16.5. The fourth-order valence-corrected chi connectivity index (χ4v) is 3.61. The molecule has 12 heteroatoms. The SMILES string of the molecule is CC(O)CCCCn1c(=O)c2c(nc(NCCCOCCOCCOCCCN)n2C)n(C)c1=O. The zero-order valence-electron chi connectivity index (χ0n) is 21.3. The molecule has 0 saturated carbocycles. The number of ether oxygens (including phenoxy) is 3. The van der Waals surface area contributed by atoms with Gasteiger partial charge in [-0.15, -0.1) is 0 Å². The van der Waals surface area contributed by atoms with E-state index < -0.39 is 6.10 Å². The quantitative estimate of drug-likeness (QED) is 0.231. The van der Waals surface area contributed by atoms with E-state index in [4.69, 9.17) is 19.9 Å². The molecule has 0 aromatic carbocycles. The molecule has 2 aromatic heterocycles. The number of aryl methyl sites for hydroxylation is 2. The van der Waals surface area contributed by atoms with Gasteiger partial charge in [0.15, 0.2) is 11.2 Å². The minimum atomic E-state index is -0.391. The van der Waals surface area contributed by atoms with Crippen LogP contribution in [0.3, 0.4) is 0 Å². The molecular formula is C23H42N6O6. The van der Waals surface area contributed by atoms with E-state index in [0.717, 1.165) is 19.3 Å². The molecule has 0 aliphatic carbocycles. The molecule has 35 heavy (non-hydrogen) atoms. The fraction of sp³-hybridized carbons (Fsp3) is 0.783. The molecule has 0 spiro atoms. The normalized spacial score (nSPS) is 12.5. The van der Waals surface area contributed by atoms with Gasteiger partial charge in [0.2, 0.25) is 5.95 Å². The highest BCUT2D eigenvalue weighted by molar-refractivity contribution is 5.74. The molecular weight excluding hydrogens is 456 g/mol. The number of imidazole rings is 1. The first-order chi connectivity index (χ1) is 16.9. The van der Waals surface area contributed by atoms with Gasteiger partial charge in [-0.2, -0.15) is 4.98 Å². The van der Waals surface area contributed by atoms with Crippen LogP contribution < -0.4 is 22.3 Å². The van der Waals surface area contributed by atoms with Crippen LogP contribution in [0.2, 0.25) is 0 Å². The molecule has 0 fully saturated rings. The maximum Gasteiger partial charge on any atom is 0.332 e. The molecule has 0 saturated heterocycles. The monoisotopic (exact) mass is 498 g/mol. The summed E-state index contributed by atoms with van der Waals surface area (Å²) in [5, 5.41) is 12.6. The summed E-state index contributed by atoms with van der Waals surface area (Å²) in [5.74, 6) is 0.525. The molecule has 4 N–H and O–H groups in total. The van der Waals surface area contributed by atoms with Crippen molar-refractivity contribution < 1.29 is 19.3 Å². The van der Waals surface area contributed by atoms with Crippen molar-refractivity contribution in [2.75, 3.05) is 58.0 Å². The Bertz CT molecular complexity index is 999. The summed E-state index contributed by atoms with van der Waals surface area (Å²) >= 11 is 0. The van der Waals surface area contributed by atoms with E-state index in [0.29, 0.717) is 89.2 Å². The van der Waals surface area contributed by atoms with Gasteiger partial charge < -0.3 is 34.9 Å². The van der Waals surface area contributed by atoms with Crippen LogP contribution in [0.25, 0.3) is 11.2 Å². The topological polar surface area (TPSA) is 148 Å². The maximum atomic E-state index is 13.0. The molecule has 0 aliphatic heterocycles. The Morgan fingerprint density at radius 2 is 1.57 bits per heavy atom. The van der Waals surface area contributed by atoms with Crippen LogP contribution >= 0.6 is 0 Å². The summed E-state index contributed by atoms with van der Waals surface area (Å²) in [7, 11) is 3.38. The van der Waals surface area contributed by atoms with E-state index >= 15 is 0 Å². The van der Waals surface area contributed by atoms with Crippen LogP contribution in [0.4, 0.5) is 5.95 Å². The number of hydrogen-bond donors (Lipinski definition) is 3. The van der Waals surface area contributed by atoms with Crippen molar-refractivity contribution in [2.24, 2.45) is 19.8 Å². The predicted octanol–water partition coefficient (Wildman–Crippen LogP) is 0.185. The second kappa shape index (κ2) is 15.7. The van der Waals surface area contributed by atoms with Crippen LogP contribution in [-0.4, -0.2) is 82.6 Å². The highest BCUT2D eigenvalue weighted by Gasteiger charge is 2.18. The number of nitrogens with one attached hydrogen (secondary N) is 1. The molecule has 200 valence electrons. The molecule has 0 radical (unpaired) electrons. The van der Waals surface area contributed by atoms with Crippen LogP contribution in [0.1, 0.15) is 39.0 Å². The number of nitrogens with two attached hydrogens (primary N) is 1. The summed E-state index contributed by atoms with van der Waals surface area (Å²) in [6.45, 7) is 6.61. The third-order valence-corrected chi connectivity index (χ3v) is 5.60. The summed E-state index contributed by atoms with van der Waals surface area (Å²) in [6, 6.07) is 0. The van der Waals surface area contributed by atoms with E-state index in [-0.39, 0.29) is 11.2 Å². The molecule has 1 atom stereocenters. The third kappa shape index (κ3) is 9.04. The van der Waals surface area contributed by atoms with Gasteiger partial charge in [0.25, 0.3) is 5.56 Å². The number of nitrogens with zero attached hydrogens (tertiary/aromatic N) is 4. The van der Waals surface area contributed by atoms with Gasteiger partial charge >= 0.3 is 5.69 Å². The lowest BCUT2D eigenvalue weighted by atomic mass is 10.2. The number of fused-ring (bicyclic) bond motifs is 1. The summed E-state index contributed by atoms with van der Waals surface area (Å²) in [4.78, 5) is 30.2. The number of aromatic nitrogens is 4. The number of rotatable bonds is 19. The number of hydrogen-bond acceptors (Lipinski definition) is 9. The first-order valence-electron chi connectivity index (χ1n) is 12.4. The summed E-state index contributed by atoms with van der Waals surface area (Å²) < 4.78 is 20.7. The van der Waals surface area contributed by atoms with Gasteiger partial charge in [0.05, 0.1) is 32.5 Å². The van der Waals surface area contributed by atoms with Gasteiger partial charge in [-0.05, 0) is 45.6 Å². The Morgan fingerprint density at radius 1 is 0.943 bits per heavy atom. The Morgan fingerprint density at radius 3 is 2.20 bits per heavy atom. The number of aliphatic hydroxyl groups is 1. The van der Waals surface area contributed by atoms with Gasteiger partial charge in [0, 0.05) is 40.4 Å². The Hall–Kier alpha value is -2.25. The average molecular weight is 499 g/mol. The average Bonchev–Trinajstić information content (AvgIpc) is 3.16. The van der Waals surface area contributed by atoms with E-state index in [1.165, 1.54) is 9.13 Å². The van der Waals surface area contributed by atoms with E-state index in [1.807, 2.05) is 0 Å². The molecule has 2 aromatic rings. The van der Waals surface area contributed by atoms with E-state index in [9.17, 15) is 14.7 Å². The van der Waals surface area contributed by atoms with Crippen molar-refractivity contribution in [3.63, 3.8) is 0 Å². The predicted molar refractivity (Wildman–Crippen MR) is 135 cm³/mol. The fourth-order valence-electron chi connectivity index (χ4n) is 3.61. The zero-order chi connectivity index (χ0) is 25.6. The molecule has 12 nitrogen and oxygen atoms in total. The summed E-state index contributed by atoms with van der Waals surface area (Å²) in [5.41, 5.74) is 5.39. The highest BCUT2D eigenvalue weighted by Crippen LogP contribution is 2.13. The molecule has 2 rings (SSSR count). The van der Waals surface area contributed by atoms with Crippen molar-refractivity contribution in [3.05, 3.63) is 20.8 Å². The van der Waals surface area contributed by atoms with Crippen molar-refractivity contribution in [1.82, 2.24) is 18.7 Å². The Balaban J connectivity index is 1.79. The van der Waals surface area contributed by atoms with Gasteiger partial charge in [-0.25, -0.2) is 4.79 Å². The van der Waals surface area contributed by atoms with Crippen molar-refractivity contribution in [3.8, 4) is 0 Å². The molecule has 1 unspecified atom stereocenters. The second-order valence-electron chi connectivity index (χ2n) is 8.57. The molecule has 0 aliphatic rings. The lowest BCUT2D eigenvalue weighted by Crippen LogP contribution is -2.39. The largest absolute Gasteiger partial charge is 0.393 e. The molecule has 2 heterocycles. The van der Waals surface area contributed by atoms with Crippen molar-refractivity contribution in [1.29, 1.82) is 0 Å². The number of unbranched alkanes of at least 4 members (excludes halogenated alkanes) is 1. The van der Waals surface area contributed by atoms with Crippen LogP contribution in [0.5, 0.6) is 0 Å². The van der Waals surface area contributed by atoms with Crippen LogP contribution in [0.15, 0.2) is 9.59 Å². The molecule has 0 bridgehead atoms. The Kier molecular flexibility index (Phi) is 13.0. The van der Waals surface area contributed by atoms with Crippen molar-refractivity contribution >= 4 is 17.1 Å². The van der Waals surface area contributed by atoms with Crippen molar-refractivity contribution in [2.45, 2.75) is 51.7 Å². The second-order valence-corrected chi connectivity index (χ2v) is 8.57. The van der Waals surface area contributed by atoms with Crippen LogP contribution in [-0.2, 0) is 34.9 Å². The minimum Gasteiger partial charge on any atom is -0.393 e. The third-order valence-electron chi connectivity index (χ3n) is 5.60. The maximum absolute atomic E-state index is 13.0. The summed E-state index contributed by atoms with van der Waals surface area (Å²) in [6.07, 6.45) is 3.23. The smallest absolute Gasteiger partial charge is 0.332 e. The van der Waals surface area contributed by atoms with E-state index in [1.54, 1.807) is 25.6 Å². The lowest BCUT2D eigenvalue weighted by molar-refractivity contribution is 0.0144. The standard InChI is InChI=1S/C23H42N6O6/c1-18(30)8-4-5-11-29-21(31)19-20(28(3)23(29)32)26-22(27(19)2)25-10-7-13-34-15-17-35-16-14-33-12-6-9-24/h18,30H,4-17,24H2,1-3H3,(H,25,26). The Labute approximate surface area is 206 Å². The van der Waals surface area contributed by atoms with Gasteiger partial charge in [-0.1, -0.05) is 0 Å².